The van der Waals surface area contributed by atoms with Crippen molar-refractivity contribution in [2.75, 3.05) is 5.32 Å². The van der Waals surface area contributed by atoms with Crippen molar-refractivity contribution >= 4 is 35.0 Å². The van der Waals surface area contributed by atoms with E-state index in [1.165, 1.54) is 11.8 Å². The van der Waals surface area contributed by atoms with Crippen molar-refractivity contribution in [3.63, 3.8) is 0 Å². The van der Waals surface area contributed by atoms with Crippen molar-refractivity contribution in [2.45, 2.75) is 30.9 Å². The van der Waals surface area contributed by atoms with Gasteiger partial charge in [-0.25, -0.2) is 0 Å². The molecule has 0 aliphatic carbocycles. The van der Waals surface area contributed by atoms with Crippen LogP contribution < -0.4 is 10.1 Å². The lowest BCUT2D eigenvalue weighted by Crippen LogP contribution is -2.20. The minimum Gasteiger partial charge on any atom is -0.486 e. The number of nitrogens with one attached hydrogen (secondary N) is 1. The van der Waals surface area contributed by atoms with Gasteiger partial charge < -0.3 is 14.6 Å². The number of rotatable bonds is 8. The van der Waals surface area contributed by atoms with Crippen molar-refractivity contribution in [2.24, 2.45) is 7.05 Å². The molecule has 0 saturated heterocycles. The summed E-state index contributed by atoms with van der Waals surface area (Å²) in [6, 6.07) is 22.8. The van der Waals surface area contributed by atoms with Gasteiger partial charge in [-0.3, -0.25) is 4.79 Å². The number of aryl methyl sites for hydroxylation is 2. The number of nitrogens with zero attached hydrogens (tertiary/aromatic N) is 3. The number of ether oxygens (including phenoxy) is 1. The van der Waals surface area contributed by atoms with E-state index < -0.39 is 5.25 Å². The van der Waals surface area contributed by atoms with Gasteiger partial charge in [0.15, 0.2) is 11.0 Å². The minimum atomic E-state index is -0.506. The van der Waals surface area contributed by atoms with Crippen LogP contribution in [0.25, 0.3) is 0 Å². The van der Waals surface area contributed by atoms with Crippen LogP contribution in [0.2, 0.25) is 5.02 Å². The Kier molecular flexibility index (Phi) is 7.55. The molecule has 1 atom stereocenters. The number of amides is 1. The molecule has 0 spiro atoms. The van der Waals surface area contributed by atoms with Gasteiger partial charge in [-0.1, -0.05) is 65.8 Å². The molecule has 4 aromatic rings. The van der Waals surface area contributed by atoms with Gasteiger partial charge in [0.1, 0.15) is 17.6 Å². The topological polar surface area (TPSA) is 69.0 Å². The number of aromatic nitrogens is 3. The molecule has 1 heterocycles. The highest BCUT2D eigenvalue weighted by Gasteiger charge is 2.25. The average molecular weight is 493 g/mol. The molecule has 0 aliphatic rings. The van der Waals surface area contributed by atoms with E-state index in [0.29, 0.717) is 21.8 Å². The molecule has 6 nitrogen and oxygen atoms in total. The number of halogens is 1. The average Bonchev–Trinajstić information content (AvgIpc) is 3.19. The maximum Gasteiger partial charge on any atom is 0.242 e. The van der Waals surface area contributed by atoms with E-state index in [1.807, 2.05) is 74.0 Å². The molecule has 1 aromatic heterocycles. The molecule has 8 heteroatoms. The summed E-state index contributed by atoms with van der Waals surface area (Å²) in [5.74, 6) is 1.22. The highest BCUT2D eigenvalue weighted by atomic mass is 35.5. The largest absolute Gasteiger partial charge is 0.486 e. The van der Waals surface area contributed by atoms with Gasteiger partial charge in [0.25, 0.3) is 0 Å². The highest BCUT2D eigenvalue weighted by Crippen LogP contribution is 2.35. The summed E-state index contributed by atoms with van der Waals surface area (Å²) in [5, 5.41) is 12.5. The summed E-state index contributed by atoms with van der Waals surface area (Å²) in [6.07, 6.45) is 0. The van der Waals surface area contributed by atoms with Crippen LogP contribution in [-0.4, -0.2) is 20.7 Å². The molecule has 0 radical (unpaired) electrons. The molecule has 4 rings (SSSR count). The Hall–Kier alpha value is -3.29. The van der Waals surface area contributed by atoms with Gasteiger partial charge in [-0.15, -0.1) is 10.2 Å². The van der Waals surface area contributed by atoms with Crippen LogP contribution in [0.15, 0.2) is 78.0 Å². The van der Waals surface area contributed by atoms with Gasteiger partial charge in [0.05, 0.1) is 0 Å². The fourth-order valence-corrected chi connectivity index (χ4v) is 4.47. The number of carbonyl (C=O) groups is 1. The van der Waals surface area contributed by atoms with Crippen molar-refractivity contribution < 1.29 is 9.53 Å². The van der Waals surface area contributed by atoms with Crippen LogP contribution in [0.3, 0.4) is 0 Å². The molecule has 0 aliphatic heterocycles. The van der Waals surface area contributed by atoms with Crippen LogP contribution >= 0.6 is 23.4 Å². The Labute approximate surface area is 208 Å². The molecule has 0 fully saturated rings. The lowest BCUT2D eigenvalue weighted by molar-refractivity contribution is -0.115. The van der Waals surface area contributed by atoms with Crippen molar-refractivity contribution in [3.05, 3.63) is 100 Å². The quantitative estimate of drug-likeness (QED) is 0.299. The molecule has 3 aromatic carbocycles. The predicted octanol–water partition coefficient (Wildman–Crippen LogP) is 6.14. The number of thioether (sulfide) groups is 1. The monoisotopic (exact) mass is 492 g/mol. The third-order valence-electron chi connectivity index (χ3n) is 5.32. The van der Waals surface area contributed by atoms with Gasteiger partial charge in [0, 0.05) is 17.8 Å². The molecule has 1 N–H and O–H groups in total. The third kappa shape index (κ3) is 5.79. The smallest absolute Gasteiger partial charge is 0.242 e. The fourth-order valence-electron chi connectivity index (χ4n) is 3.33. The summed E-state index contributed by atoms with van der Waals surface area (Å²) < 4.78 is 7.66. The Morgan fingerprint density at radius 3 is 2.53 bits per heavy atom. The van der Waals surface area contributed by atoms with E-state index in [1.54, 1.807) is 24.3 Å². The van der Waals surface area contributed by atoms with Gasteiger partial charge in [-0.2, -0.15) is 0 Å². The van der Waals surface area contributed by atoms with Gasteiger partial charge >= 0.3 is 0 Å². The lowest BCUT2D eigenvalue weighted by Gasteiger charge is -2.18. The van der Waals surface area contributed by atoms with Crippen molar-refractivity contribution in [1.29, 1.82) is 0 Å². The first-order chi connectivity index (χ1) is 16.4. The zero-order valence-corrected chi connectivity index (χ0v) is 20.7. The minimum absolute atomic E-state index is 0.119. The summed E-state index contributed by atoms with van der Waals surface area (Å²) in [6.45, 7) is 4.23. The molecular weight excluding hydrogens is 468 g/mol. The maximum atomic E-state index is 13.4. The van der Waals surface area contributed by atoms with Crippen molar-refractivity contribution in [1.82, 2.24) is 14.8 Å². The van der Waals surface area contributed by atoms with E-state index in [4.69, 9.17) is 16.3 Å². The SMILES string of the molecule is Cc1ccc(C)c(NC(=O)[C@H](Sc2nnc(COc3ccc(Cl)cc3)n2C)c2ccccc2)c1. The number of hydrogen-bond donors (Lipinski definition) is 1. The number of carbonyl (C=O) groups excluding carboxylic acids is 1. The Balaban J connectivity index is 1.53. The zero-order chi connectivity index (χ0) is 24.1. The maximum absolute atomic E-state index is 13.4. The van der Waals surface area contributed by atoms with E-state index in [0.717, 1.165) is 22.4 Å². The van der Waals surface area contributed by atoms with Gasteiger partial charge in [-0.05, 0) is 60.9 Å². The normalized spacial score (nSPS) is 11.8. The molecule has 34 heavy (non-hydrogen) atoms. The predicted molar refractivity (Wildman–Crippen MR) is 136 cm³/mol. The molecule has 1 amide bonds. The summed E-state index contributed by atoms with van der Waals surface area (Å²) in [5.41, 5.74) is 3.79. The number of benzene rings is 3. The van der Waals surface area contributed by atoms with E-state index in [-0.39, 0.29) is 12.5 Å². The summed E-state index contributed by atoms with van der Waals surface area (Å²) >= 11 is 7.29. The first-order valence-corrected chi connectivity index (χ1v) is 12.0. The standard InChI is InChI=1S/C26H25ClN4O2S/c1-17-9-10-18(2)22(15-17)28-25(32)24(19-7-5-4-6-8-19)34-26-30-29-23(31(26)3)16-33-21-13-11-20(27)12-14-21/h4-15,24H,16H2,1-3H3,(H,28,32)/t24-/m1/s1. The molecule has 174 valence electrons. The zero-order valence-electron chi connectivity index (χ0n) is 19.2. The van der Waals surface area contributed by atoms with Crippen LogP contribution in [-0.2, 0) is 18.4 Å². The second-order valence-corrected chi connectivity index (χ2v) is 9.43. The third-order valence-corrected chi connectivity index (χ3v) is 6.86. The number of anilines is 1. The molecule has 0 unspecified atom stereocenters. The Morgan fingerprint density at radius 1 is 1.06 bits per heavy atom. The summed E-state index contributed by atoms with van der Waals surface area (Å²) in [4.78, 5) is 13.4. The second-order valence-electron chi connectivity index (χ2n) is 7.92. The van der Waals surface area contributed by atoms with E-state index >= 15 is 0 Å². The van der Waals surface area contributed by atoms with Crippen LogP contribution in [0.1, 0.15) is 27.8 Å². The second kappa shape index (κ2) is 10.8. The first kappa shape index (κ1) is 23.9. The lowest BCUT2D eigenvalue weighted by atomic mass is 10.1. The molecular formula is C26H25ClN4O2S. The molecule has 0 bridgehead atoms. The Bertz CT molecular complexity index is 1280. The van der Waals surface area contributed by atoms with Crippen molar-refractivity contribution in [3.8, 4) is 5.75 Å². The fraction of sp³-hybridized carbons (Fsp3) is 0.192. The molecule has 0 saturated carbocycles. The number of hydrogen-bond acceptors (Lipinski definition) is 5. The van der Waals surface area contributed by atoms with E-state index in [9.17, 15) is 4.79 Å². The Morgan fingerprint density at radius 2 is 1.79 bits per heavy atom. The highest BCUT2D eigenvalue weighted by molar-refractivity contribution is 8.00. The first-order valence-electron chi connectivity index (χ1n) is 10.8. The van der Waals surface area contributed by atoms with Crippen LogP contribution in [0.5, 0.6) is 5.75 Å². The van der Waals surface area contributed by atoms with E-state index in [2.05, 4.69) is 15.5 Å². The van der Waals surface area contributed by atoms with Gasteiger partial charge in [0.2, 0.25) is 5.91 Å². The van der Waals surface area contributed by atoms with Crippen LogP contribution in [0, 0.1) is 13.8 Å². The van der Waals surface area contributed by atoms with Crippen LogP contribution in [0.4, 0.5) is 5.69 Å². The summed E-state index contributed by atoms with van der Waals surface area (Å²) in [7, 11) is 1.87.